The van der Waals surface area contributed by atoms with Crippen LogP contribution in [0.1, 0.15) is 0 Å². The van der Waals surface area contributed by atoms with Crippen LogP contribution in [0.25, 0.3) is 0 Å². The van der Waals surface area contributed by atoms with E-state index in [9.17, 15) is 10.2 Å². The Labute approximate surface area is 99.1 Å². The normalized spacial score (nSPS) is 11.5. The van der Waals surface area contributed by atoms with E-state index in [-0.39, 0.29) is 11.5 Å². The third kappa shape index (κ3) is 2.42. The number of para-hydroxylation sites is 3. The zero-order valence-electron chi connectivity index (χ0n) is 9.41. The van der Waals surface area contributed by atoms with Crippen molar-refractivity contribution in [3.8, 4) is 11.5 Å². The topological polar surface area (TPSA) is 55.8 Å². The van der Waals surface area contributed by atoms with E-state index in [1.807, 2.05) is 6.07 Å². The lowest BCUT2D eigenvalue weighted by atomic mass is 10.3. The van der Waals surface area contributed by atoms with E-state index in [1.165, 1.54) is 4.70 Å². The van der Waals surface area contributed by atoms with Gasteiger partial charge in [0.25, 0.3) is 5.69 Å². The van der Waals surface area contributed by atoms with E-state index in [0.29, 0.717) is 11.4 Å². The van der Waals surface area contributed by atoms with Crippen LogP contribution in [-0.2, 0) is 0 Å². The number of phenolic OH excluding ortho intramolecular Hbond substituents is 2. The van der Waals surface area contributed by atoms with E-state index >= 15 is 0 Å². The molecule has 17 heavy (non-hydrogen) atoms. The quantitative estimate of drug-likeness (QED) is 0.614. The molecule has 0 heterocycles. The minimum absolute atomic E-state index is 0.106. The summed E-state index contributed by atoms with van der Waals surface area (Å²) in [6.07, 6.45) is 0. The fourth-order valence-corrected chi connectivity index (χ4v) is 1.50. The first-order valence-corrected chi connectivity index (χ1v) is 5.20. The number of benzene rings is 2. The molecule has 0 fully saturated rings. The van der Waals surface area contributed by atoms with E-state index in [0.717, 1.165) is 0 Å². The summed E-state index contributed by atoms with van der Waals surface area (Å²) in [5, 5.41) is 23.5. The Morgan fingerprint density at radius 1 is 0.882 bits per heavy atom. The molecule has 0 amide bonds. The zero-order chi connectivity index (χ0) is 12.3. The summed E-state index contributed by atoms with van der Waals surface area (Å²) in [5.74, 6) is 0.254. The highest BCUT2D eigenvalue weighted by atomic mass is 16.3. The summed E-state index contributed by atoms with van der Waals surface area (Å²) in [6, 6.07) is 13.7. The number of phenols is 2. The fraction of sp³-hybridized carbons (Fsp3) is 0.0769. The summed E-state index contributed by atoms with van der Waals surface area (Å²) in [7, 11) is 1.71. The number of azo groups is 2. The monoisotopic (exact) mass is 229 g/mol. The lowest BCUT2D eigenvalue weighted by Crippen LogP contribution is -1.93. The number of hydrogen-bond donors (Lipinski definition) is 2. The Morgan fingerprint density at radius 2 is 1.47 bits per heavy atom. The molecule has 0 unspecified atom stereocenters. The lowest BCUT2D eigenvalue weighted by molar-refractivity contribution is -0.477. The van der Waals surface area contributed by atoms with E-state index in [4.69, 9.17) is 0 Å². The average molecular weight is 229 g/mol. The van der Waals surface area contributed by atoms with Gasteiger partial charge in [-0.25, -0.2) is 0 Å². The van der Waals surface area contributed by atoms with Crippen molar-refractivity contribution < 1.29 is 14.9 Å². The Balaban J connectivity index is 2.42. The highest BCUT2D eigenvalue weighted by Gasteiger charge is 2.12. The largest absolute Gasteiger partial charge is 0.505 e. The van der Waals surface area contributed by atoms with Crippen LogP contribution in [0.4, 0.5) is 11.4 Å². The summed E-state index contributed by atoms with van der Waals surface area (Å²) in [4.78, 5) is 0. The predicted octanol–water partition coefficient (Wildman–Crippen LogP) is 3.16. The molecule has 0 atom stereocenters. The molecule has 0 saturated carbocycles. The maximum absolute atomic E-state index is 9.66. The molecule has 0 bridgehead atoms. The smallest absolute Gasteiger partial charge is 0.273 e. The molecule has 0 aliphatic heterocycles. The maximum atomic E-state index is 9.66. The van der Waals surface area contributed by atoms with Crippen LogP contribution < -0.4 is 0 Å². The molecule has 2 aromatic carbocycles. The van der Waals surface area contributed by atoms with Crippen molar-refractivity contribution in [3.63, 3.8) is 0 Å². The molecule has 0 radical (unpaired) electrons. The molecule has 4 nitrogen and oxygen atoms in total. The van der Waals surface area contributed by atoms with Crippen LogP contribution in [0.5, 0.6) is 11.5 Å². The molecule has 0 spiro atoms. The van der Waals surface area contributed by atoms with Crippen LogP contribution >= 0.6 is 0 Å². The Morgan fingerprint density at radius 3 is 2.12 bits per heavy atom. The van der Waals surface area contributed by atoms with Crippen molar-refractivity contribution in [1.82, 2.24) is 0 Å². The first-order chi connectivity index (χ1) is 8.18. The minimum atomic E-state index is 0.106. The molecular formula is C13H13N2O2+. The van der Waals surface area contributed by atoms with Crippen molar-refractivity contribution in [3.05, 3.63) is 48.5 Å². The van der Waals surface area contributed by atoms with Gasteiger partial charge in [0.2, 0.25) is 0 Å². The van der Waals surface area contributed by atoms with Gasteiger partial charge in [0, 0.05) is 11.2 Å². The Kier molecular flexibility index (Phi) is 3.05. The highest BCUT2D eigenvalue weighted by Crippen LogP contribution is 2.29. The average Bonchev–Trinajstić information content (AvgIpc) is 2.32. The van der Waals surface area contributed by atoms with Gasteiger partial charge in [-0.3, -0.25) is 0 Å². The van der Waals surface area contributed by atoms with Crippen molar-refractivity contribution >= 4 is 11.4 Å². The second-order valence-corrected chi connectivity index (χ2v) is 3.60. The van der Waals surface area contributed by atoms with Crippen molar-refractivity contribution in [2.45, 2.75) is 0 Å². The number of rotatable bonds is 2. The molecular weight excluding hydrogens is 216 g/mol. The SMILES string of the molecule is C[N+](=Nc1ccccc1O)c1ccccc1O. The van der Waals surface area contributed by atoms with Crippen LogP contribution in [0, 0.1) is 0 Å². The summed E-state index contributed by atoms with van der Waals surface area (Å²) in [6.45, 7) is 0. The summed E-state index contributed by atoms with van der Waals surface area (Å²) < 4.78 is 1.52. The van der Waals surface area contributed by atoms with E-state index < -0.39 is 0 Å². The number of nitrogens with zero attached hydrogens (tertiary/aromatic N) is 2. The number of hydrogen-bond acceptors (Lipinski definition) is 3. The van der Waals surface area contributed by atoms with Crippen molar-refractivity contribution in [1.29, 1.82) is 0 Å². The minimum Gasteiger partial charge on any atom is -0.505 e. The second-order valence-electron chi connectivity index (χ2n) is 3.60. The van der Waals surface area contributed by atoms with Gasteiger partial charge in [0.1, 0.15) is 5.75 Å². The third-order valence-corrected chi connectivity index (χ3v) is 2.37. The van der Waals surface area contributed by atoms with Crippen LogP contribution in [0.3, 0.4) is 0 Å². The van der Waals surface area contributed by atoms with Gasteiger partial charge in [-0.1, -0.05) is 29.0 Å². The van der Waals surface area contributed by atoms with Crippen LogP contribution in [0.15, 0.2) is 53.6 Å². The zero-order valence-corrected chi connectivity index (χ0v) is 9.41. The van der Waals surface area contributed by atoms with Gasteiger partial charge in [-0.2, -0.15) is 0 Å². The van der Waals surface area contributed by atoms with E-state index in [1.54, 1.807) is 49.5 Å². The first-order valence-electron chi connectivity index (χ1n) is 5.20. The molecule has 0 aliphatic carbocycles. The second kappa shape index (κ2) is 4.65. The Hall–Kier alpha value is -2.36. The Bertz CT molecular complexity index is 565. The van der Waals surface area contributed by atoms with Gasteiger partial charge in [-0.05, 0) is 18.2 Å². The van der Waals surface area contributed by atoms with Gasteiger partial charge < -0.3 is 10.2 Å². The fourth-order valence-electron chi connectivity index (χ4n) is 1.50. The lowest BCUT2D eigenvalue weighted by Gasteiger charge is -1.98. The molecule has 0 aliphatic rings. The van der Waals surface area contributed by atoms with Crippen LogP contribution in [-0.4, -0.2) is 22.0 Å². The predicted molar refractivity (Wildman–Crippen MR) is 64.1 cm³/mol. The van der Waals surface area contributed by atoms with Gasteiger partial charge in [0.15, 0.2) is 18.5 Å². The van der Waals surface area contributed by atoms with E-state index in [2.05, 4.69) is 5.11 Å². The van der Waals surface area contributed by atoms with Crippen molar-refractivity contribution in [2.24, 2.45) is 5.11 Å². The number of aromatic hydroxyl groups is 2. The molecule has 2 rings (SSSR count). The molecule has 86 valence electrons. The molecule has 0 saturated heterocycles. The highest BCUT2D eigenvalue weighted by molar-refractivity contribution is 5.50. The van der Waals surface area contributed by atoms with Gasteiger partial charge in [-0.15, -0.1) is 0 Å². The van der Waals surface area contributed by atoms with Crippen molar-refractivity contribution in [2.75, 3.05) is 7.05 Å². The van der Waals surface area contributed by atoms with Crippen LogP contribution in [0.2, 0.25) is 0 Å². The first kappa shape index (κ1) is 11.1. The maximum Gasteiger partial charge on any atom is 0.273 e. The van der Waals surface area contributed by atoms with Gasteiger partial charge >= 0.3 is 0 Å². The van der Waals surface area contributed by atoms with Gasteiger partial charge in [0.05, 0.1) is 0 Å². The molecule has 4 heteroatoms. The molecule has 2 aromatic rings. The summed E-state index contributed by atoms with van der Waals surface area (Å²) in [5.41, 5.74) is 1.04. The molecule has 0 aromatic heterocycles. The standard InChI is InChI=1S/C13H12N2O2/c1-15(11-7-3-5-9-13(11)17)14-10-6-2-4-8-12(10)16/h2-9,17H,1H3/p+1. The molecule has 2 N–H and O–H groups in total. The third-order valence-electron chi connectivity index (χ3n) is 2.37. The summed E-state index contributed by atoms with van der Waals surface area (Å²) >= 11 is 0.